The molecule has 4 nitrogen and oxygen atoms in total. The Hall–Kier alpha value is -2.31. The fourth-order valence-corrected chi connectivity index (χ4v) is 3.78. The average molecular weight is 366 g/mol. The van der Waals surface area contributed by atoms with E-state index in [1.165, 1.54) is 0 Å². The molecular weight excluding hydrogens is 345 g/mol. The van der Waals surface area contributed by atoms with E-state index in [-0.39, 0.29) is 12.1 Å². The van der Waals surface area contributed by atoms with Gasteiger partial charge in [-0.25, -0.2) is 0 Å². The highest BCUT2D eigenvalue weighted by molar-refractivity contribution is 5.84. The minimum atomic E-state index is -4.95. The second kappa shape index (κ2) is 6.78. The SMILES string of the molecule is Cc1cc(C)c2[nH]c(=O)c(CN(C(=O)C(F)(F)F)C3CCCC3)cc2c1. The summed E-state index contributed by atoms with van der Waals surface area (Å²) in [4.78, 5) is 27.9. The summed E-state index contributed by atoms with van der Waals surface area (Å²) in [6.45, 7) is 3.44. The first-order valence-corrected chi connectivity index (χ1v) is 8.68. The molecule has 0 bridgehead atoms. The maximum absolute atomic E-state index is 13.0. The normalized spacial score (nSPS) is 15.6. The number of rotatable bonds is 3. The van der Waals surface area contributed by atoms with Gasteiger partial charge >= 0.3 is 12.1 Å². The molecule has 0 aliphatic heterocycles. The Bertz CT molecular complexity index is 896. The van der Waals surface area contributed by atoms with Crippen LogP contribution in [-0.4, -0.2) is 28.0 Å². The van der Waals surface area contributed by atoms with Crippen LogP contribution < -0.4 is 5.56 Å². The van der Waals surface area contributed by atoms with E-state index in [0.29, 0.717) is 18.4 Å². The molecule has 2 aromatic rings. The molecule has 0 spiro atoms. The van der Waals surface area contributed by atoms with Gasteiger partial charge in [-0.3, -0.25) is 9.59 Å². The lowest BCUT2D eigenvalue weighted by molar-refractivity contribution is -0.188. The largest absolute Gasteiger partial charge is 0.471 e. The van der Waals surface area contributed by atoms with E-state index in [0.717, 1.165) is 34.3 Å². The smallest absolute Gasteiger partial charge is 0.327 e. The van der Waals surface area contributed by atoms with E-state index in [1.807, 2.05) is 26.0 Å². The summed E-state index contributed by atoms with van der Waals surface area (Å²) in [6.07, 6.45) is -2.30. The third-order valence-electron chi connectivity index (χ3n) is 4.98. The van der Waals surface area contributed by atoms with Crippen LogP contribution >= 0.6 is 0 Å². The Morgan fingerprint density at radius 2 is 1.85 bits per heavy atom. The van der Waals surface area contributed by atoms with E-state index in [4.69, 9.17) is 0 Å². The van der Waals surface area contributed by atoms with E-state index in [1.54, 1.807) is 6.07 Å². The third kappa shape index (κ3) is 3.61. The van der Waals surface area contributed by atoms with Crippen molar-refractivity contribution in [2.75, 3.05) is 0 Å². The molecular formula is C19H21F3N2O2. The molecule has 1 aromatic carbocycles. The van der Waals surface area contributed by atoms with Gasteiger partial charge in [-0.2, -0.15) is 13.2 Å². The predicted molar refractivity (Wildman–Crippen MR) is 92.9 cm³/mol. The Balaban J connectivity index is 2.02. The van der Waals surface area contributed by atoms with Crippen molar-refractivity contribution in [1.82, 2.24) is 9.88 Å². The van der Waals surface area contributed by atoms with Crippen molar-refractivity contribution in [2.45, 2.75) is 58.3 Å². The number of carbonyl (C=O) groups is 1. The highest BCUT2D eigenvalue weighted by Crippen LogP contribution is 2.29. The van der Waals surface area contributed by atoms with E-state index < -0.39 is 23.7 Å². The molecule has 1 aromatic heterocycles. The number of aromatic nitrogens is 1. The van der Waals surface area contributed by atoms with Gasteiger partial charge in [-0.15, -0.1) is 0 Å². The van der Waals surface area contributed by atoms with Crippen molar-refractivity contribution in [2.24, 2.45) is 0 Å². The molecule has 1 heterocycles. The van der Waals surface area contributed by atoms with E-state index in [2.05, 4.69) is 4.98 Å². The molecule has 0 unspecified atom stereocenters. The van der Waals surface area contributed by atoms with Crippen molar-refractivity contribution in [1.29, 1.82) is 0 Å². The number of nitrogens with one attached hydrogen (secondary N) is 1. The Morgan fingerprint density at radius 3 is 2.46 bits per heavy atom. The average Bonchev–Trinajstić information content (AvgIpc) is 3.06. The van der Waals surface area contributed by atoms with Crippen LogP contribution in [0.2, 0.25) is 0 Å². The summed E-state index contributed by atoms with van der Waals surface area (Å²) >= 11 is 0. The lowest BCUT2D eigenvalue weighted by atomic mass is 10.0. The maximum Gasteiger partial charge on any atom is 0.471 e. The van der Waals surface area contributed by atoms with Crippen LogP contribution in [0, 0.1) is 13.8 Å². The highest BCUT2D eigenvalue weighted by atomic mass is 19.4. The number of halogens is 3. The lowest BCUT2D eigenvalue weighted by Gasteiger charge is -2.29. The number of hydrogen-bond acceptors (Lipinski definition) is 2. The van der Waals surface area contributed by atoms with Gasteiger partial charge in [-0.05, 0) is 49.8 Å². The Kier molecular flexibility index (Phi) is 4.82. The zero-order valence-electron chi connectivity index (χ0n) is 14.7. The minimum Gasteiger partial charge on any atom is -0.327 e. The van der Waals surface area contributed by atoms with Crippen molar-refractivity contribution in [3.8, 4) is 0 Å². The summed E-state index contributed by atoms with van der Waals surface area (Å²) in [5.41, 5.74) is 2.27. The Labute approximate surface area is 149 Å². The van der Waals surface area contributed by atoms with Gasteiger partial charge in [0.25, 0.3) is 5.56 Å². The van der Waals surface area contributed by atoms with Crippen molar-refractivity contribution in [3.63, 3.8) is 0 Å². The number of benzene rings is 1. The fraction of sp³-hybridized carbons (Fsp3) is 0.474. The number of aromatic amines is 1. The summed E-state index contributed by atoms with van der Waals surface area (Å²) in [5, 5.41) is 0.753. The number of H-pyrrole nitrogens is 1. The van der Waals surface area contributed by atoms with Gasteiger partial charge in [0.1, 0.15) is 0 Å². The second-order valence-corrected chi connectivity index (χ2v) is 7.04. The van der Waals surface area contributed by atoms with Crippen LogP contribution in [0.4, 0.5) is 13.2 Å². The molecule has 140 valence electrons. The fourth-order valence-electron chi connectivity index (χ4n) is 3.78. The van der Waals surface area contributed by atoms with Crippen LogP contribution in [0.5, 0.6) is 0 Å². The number of amides is 1. The number of nitrogens with zero attached hydrogens (tertiary/aromatic N) is 1. The van der Waals surface area contributed by atoms with Crippen molar-refractivity contribution in [3.05, 3.63) is 45.2 Å². The maximum atomic E-state index is 13.0. The van der Waals surface area contributed by atoms with Gasteiger partial charge in [0, 0.05) is 11.6 Å². The predicted octanol–water partition coefficient (Wildman–Crippen LogP) is 3.98. The monoisotopic (exact) mass is 366 g/mol. The second-order valence-electron chi connectivity index (χ2n) is 7.04. The van der Waals surface area contributed by atoms with Gasteiger partial charge in [0.2, 0.25) is 0 Å². The van der Waals surface area contributed by atoms with Crippen LogP contribution in [0.25, 0.3) is 10.9 Å². The topological polar surface area (TPSA) is 53.2 Å². The summed E-state index contributed by atoms with van der Waals surface area (Å²) in [6, 6.07) is 4.92. The zero-order valence-corrected chi connectivity index (χ0v) is 14.7. The molecule has 26 heavy (non-hydrogen) atoms. The first-order valence-electron chi connectivity index (χ1n) is 8.68. The highest BCUT2D eigenvalue weighted by Gasteiger charge is 2.45. The minimum absolute atomic E-state index is 0.173. The molecule has 3 rings (SSSR count). The van der Waals surface area contributed by atoms with Crippen molar-refractivity contribution < 1.29 is 18.0 Å². The summed E-state index contributed by atoms with van der Waals surface area (Å²) in [7, 11) is 0. The molecule has 0 radical (unpaired) electrons. The van der Waals surface area contributed by atoms with Gasteiger partial charge in [0.05, 0.1) is 12.1 Å². The number of carbonyl (C=O) groups excluding carboxylic acids is 1. The number of hydrogen-bond donors (Lipinski definition) is 1. The van der Waals surface area contributed by atoms with Gasteiger partial charge < -0.3 is 9.88 Å². The molecule has 0 atom stereocenters. The van der Waals surface area contributed by atoms with Crippen molar-refractivity contribution >= 4 is 16.8 Å². The summed E-state index contributed by atoms with van der Waals surface area (Å²) in [5.74, 6) is -1.87. The van der Waals surface area contributed by atoms with Crippen LogP contribution in [0.3, 0.4) is 0 Å². The van der Waals surface area contributed by atoms with Crippen LogP contribution in [0.1, 0.15) is 42.4 Å². The van der Waals surface area contributed by atoms with Gasteiger partial charge in [0.15, 0.2) is 0 Å². The molecule has 1 N–H and O–H groups in total. The zero-order chi connectivity index (χ0) is 19.1. The molecule has 7 heteroatoms. The molecule has 1 saturated carbocycles. The lowest BCUT2D eigenvalue weighted by Crippen LogP contribution is -2.46. The standard InChI is InChI=1S/C19H21F3N2O2/c1-11-7-12(2)16-13(8-11)9-14(17(25)23-16)10-24(15-5-3-4-6-15)18(26)19(20,21)22/h7-9,15H,3-6,10H2,1-2H3,(H,23,25). The number of fused-ring (bicyclic) bond motifs is 1. The number of pyridine rings is 1. The van der Waals surface area contributed by atoms with E-state index in [9.17, 15) is 22.8 Å². The molecule has 1 aliphatic rings. The first kappa shape index (κ1) is 18.5. The van der Waals surface area contributed by atoms with E-state index >= 15 is 0 Å². The third-order valence-corrected chi connectivity index (χ3v) is 4.98. The van der Waals surface area contributed by atoms with Crippen LogP contribution in [0.15, 0.2) is 23.0 Å². The quantitative estimate of drug-likeness (QED) is 0.893. The first-order chi connectivity index (χ1) is 12.2. The summed E-state index contributed by atoms with van der Waals surface area (Å²) < 4.78 is 39.1. The molecule has 1 aliphatic carbocycles. The Morgan fingerprint density at radius 1 is 1.19 bits per heavy atom. The molecule has 0 saturated heterocycles. The number of aryl methyl sites for hydroxylation is 2. The molecule has 1 amide bonds. The molecule has 1 fully saturated rings. The van der Waals surface area contributed by atoms with Gasteiger partial charge in [-0.1, -0.05) is 24.5 Å². The number of alkyl halides is 3. The van der Waals surface area contributed by atoms with Crippen LogP contribution in [-0.2, 0) is 11.3 Å².